The minimum absolute atomic E-state index is 0.0113. The summed E-state index contributed by atoms with van der Waals surface area (Å²) in [7, 11) is -1.59. The SMILES string of the molecule is COC(=O)[C@]1(S(=O)(=O)c2ccccc2)C[C@H](OC)CN1OC(C)=S. The predicted octanol–water partition coefficient (Wildman–Crippen LogP) is 1.33. The number of hydrogen-bond acceptors (Lipinski definition) is 8. The minimum Gasteiger partial charge on any atom is -0.467 e. The van der Waals surface area contributed by atoms with Crippen LogP contribution < -0.4 is 0 Å². The van der Waals surface area contributed by atoms with Crippen LogP contribution in [0.1, 0.15) is 13.3 Å². The third-order valence-electron chi connectivity index (χ3n) is 3.85. The molecule has 1 heterocycles. The van der Waals surface area contributed by atoms with Crippen LogP contribution in [0.5, 0.6) is 0 Å². The molecular formula is C15H19NO6S2. The van der Waals surface area contributed by atoms with E-state index in [2.05, 4.69) is 0 Å². The maximum absolute atomic E-state index is 13.3. The number of carbonyl (C=O) groups excluding carboxylic acids is 1. The van der Waals surface area contributed by atoms with Gasteiger partial charge in [-0.15, -0.1) is 5.06 Å². The van der Waals surface area contributed by atoms with Crippen LogP contribution in [0.15, 0.2) is 35.2 Å². The first-order valence-corrected chi connectivity index (χ1v) is 9.05. The van der Waals surface area contributed by atoms with Crippen LogP contribution in [0.25, 0.3) is 0 Å². The molecule has 1 saturated heterocycles. The molecule has 0 spiro atoms. The van der Waals surface area contributed by atoms with E-state index in [9.17, 15) is 13.2 Å². The summed E-state index contributed by atoms with van der Waals surface area (Å²) in [5, 5.41) is 1.14. The number of sulfone groups is 1. The van der Waals surface area contributed by atoms with Crippen molar-refractivity contribution in [1.29, 1.82) is 0 Å². The van der Waals surface area contributed by atoms with E-state index < -0.39 is 26.8 Å². The fourth-order valence-electron chi connectivity index (χ4n) is 2.72. The van der Waals surface area contributed by atoms with Crippen molar-refractivity contribution in [3.05, 3.63) is 30.3 Å². The van der Waals surface area contributed by atoms with E-state index in [1.807, 2.05) is 0 Å². The Morgan fingerprint density at radius 2 is 1.92 bits per heavy atom. The minimum atomic E-state index is -4.16. The highest BCUT2D eigenvalue weighted by atomic mass is 32.2. The van der Waals surface area contributed by atoms with Crippen molar-refractivity contribution >= 4 is 33.1 Å². The van der Waals surface area contributed by atoms with Crippen LogP contribution in [-0.2, 0) is 28.9 Å². The zero-order valence-corrected chi connectivity index (χ0v) is 15.2. The molecule has 0 bridgehead atoms. The molecule has 0 amide bonds. The van der Waals surface area contributed by atoms with Gasteiger partial charge in [0.05, 0.1) is 24.7 Å². The Morgan fingerprint density at radius 1 is 1.29 bits per heavy atom. The smallest absolute Gasteiger partial charge is 0.346 e. The van der Waals surface area contributed by atoms with E-state index in [1.54, 1.807) is 18.2 Å². The molecule has 0 radical (unpaired) electrons. The number of benzene rings is 1. The topological polar surface area (TPSA) is 82.1 Å². The lowest BCUT2D eigenvalue weighted by molar-refractivity contribution is -0.166. The average molecular weight is 373 g/mol. The molecule has 132 valence electrons. The Hall–Kier alpha value is -1.55. The molecule has 0 aromatic heterocycles. The lowest BCUT2D eigenvalue weighted by Gasteiger charge is -2.33. The molecule has 1 aromatic rings. The summed E-state index contributed by atoms with van der Waals surface area (Å²) < 4.78 is 36.7. The second kappa shape index (κ2) is 7.14. The van der Waals surface area contributed by atoms with Crippen molar-refractivity contribution in [2.24, 2.45) is 0 Å². The van der Waals surface area contributed by atoms with E-state index in [1.165, 1.54) is 26.2 Å². The molecule has 2 atom stereocenters. The predicted molar refractivity (Wildman–Crippen MR) is 89.9 cm³/mol. The van der Waals surface area contributed by atoms with Crippen LogP contribution in [0.2, 0.25) is 0 Å². The summed E-state index contributed by atoms with van der Waals surface area (Å²) in [5.74, 6) is -0.942. The summed E-state index contributed by atoms with van der Waals surface area (Å²) in [6, 6.07) is 7.68. The Kier molecular flexibility index (Phi) is 5.59. The summed E-state index contributed by atoms with van der Waals surface area (Å²) in [4.78, 5) is 15.9. The summed E-state index contributed by atoms with van der Waals surface area (Å²) >= 11 is 4.92. The van der Waals surface area contributed by atoms with Gasteiger partial charge in [-0.25, -0.2) is 13.2 Å². The zero-order valence-electron chi connectivity index (χ0n) is 13.6. The molecule has 0 aliphatic carbocycles. The number of thiocarbonyl (C=S) groups is 1. The highest BCUT2D eigenvalue weighted by molar-refractivity contribution is 7.93. The zero-order chi connectivity index (χ0) is 18.0. The molecule has 1 aliphatic rings. The lowest BCUT2D eigenvalue weighted by atomic mass is 10.2. The highest BCUT2D eigenvalue weighted by Gasteiger charge is 2.64. The van der Waals surface area contributed by atoms with Crippen LogP contribution in [0.3, 0.4) is 0 Å². The Labute approximate surface area is 146 Å². The number of nitrogens with zero attached hydrogens (tertiary/aromatic N) is 1. The van der Waals surface area contributed by atoms with Gasteiger partial charge < -0.3 is 14.3 Å². The molecule has 24 heavy (non-hydrogen) atoms. The number of rotatable bonds is 5. The van der Waals surface area contributed by atoms with Gasteiger partial charge in [-0.05, 0) is 24.4 Å². The molecule has 0 saturated carbocycles. The average Bonchev–Trinajstić information content (AvgIpc) is 2.94. The van der Waals surface area contributed by atoms with Gasteiger partial charge in [0.2, 0.25) is 9.84 Å². The molecule has 1 fully saturated rings. The second-order valence-corrected chi connectivity index (χ2v) is 8.03. The first-order valence-electron chi connectivity index (χ1n) is 7.16. The second-order valence-electron chi connectivity index (χ2n) is 5.30. The number of hydroxylamine groups is 2. The molecule has 0 unspecified atom stereocenters. The van der Waals surface area contributed by atoms with Crippen molar-refractivity contribution in [3.8, 4) is 0 Å². The van der Waals surface area contributed by atoms with E-state index in [-0.39, 0.29) is 22.9 Å². The molecule has 1 aliphatic heterocycles. The third-order valence-corrected chi connectivity index (χ3v) is 6.24. The van der Waals surface area contributed by atoms with Crippen molar-refractivity contribution in [2.75, 3.05) is 20.8 Å². The van der Waals surface area contributed by atoms with Gasteiger partial charge in [-0.1, -0.05) is 18.2 Å². The van der Waals surface area contributed by atoms with E-state index in [4.69, 9.17) is 26.5 Å². The van der Waals surface area contributed by atoms with E-state index in [0.717, 1.165) is 12.2 Å². The fourth-order valence-corrected chi connectivity index (χ4v) is 4.81. The van der Waals surface area contributed by atoms with E-state index in [0.29, 0.717) is 0 Å². The van der Waals surface area contributed by atoms with Gasteiger partial charge in [0.25, 0.3) is 4.87 Å². The van der Waals surface area contributed by atoms with Crippen molar-refractivity contribution < 1.29 is 27.5 Å². The fraction of sp³-hybridized carbons (Fsp3) is 0.467. The lowest BCUT2D eigenvalue weighted by Crippen LogP contribution is -2.57. The quantitative estimate of drug-likeness (QED) is 0.565. The molecule has 1 aromatic carbocycles. The van der Waals surface area contributed by atoms with Crippen LogP contribution in [-0.4, -0.2) is 56.2 Å². The molecule has 0 N–H and O–H groups in total. The van der Waals surface area contributed by atoms with Crippen LogP contribution in [0.4, 0.5) is 0 Å². The first kappa shape index (κ1) is 18.8. The molecule has 9 heteroatoms. The number of hydrogen-bond donors (Lipinski definition) is 0. The van der Waals surface area contributed by atoms with Gasteiger partial charge in [-0.3, -0.25) is 0 Å². The normalized spacial score (nSPS) is 24.5. The van der Waals surface area contributed by atoms with Gasteiger partial charge in [0.15, 0.2) is 5.05 Å². The number of methoxy groups -OCH3 is 2. The van der Waals surface area contributed by atoms with Crippen molar-refractivity contribution in [3.63, 3.8) is 0 Å². The Morgan fingerprint density at radius 3 is 2.42 bits per heavy atom. The highest BCUT2D eigenvalue weighted by Crippen LogP contribution is 2.40. The number of carbonyl (C=O) groups is 1. The molecular weight excluding hydrogens is 354 g/mol. The number of ether oxygens (including phenoxy) is 2. The summed E-state index contributed by atoms with van der Waals surface area (Å²) in [5.41, 5.74) is 0. The van der Waals surface area contributed by atoms with Gasteiger partial charge in [0.1, 0.15) is 0 Å². The van der Waals surface area contributed by atoms with Crippen LogP contribution >= 0.6 is 12.2 Å². The van der Waals surface area contributed by atoms with Crippen molar-refractivity contribution in [1.82, 2.24) is 5.06 Å². The van der Waals surface area contributed by atoms with Gasteiger partial charge >= 0.3 is 5.97 Å². The molecule has 2 rings (SSSR count). The Balaban J connectivity index is 2.65. The Bertz CT molecular complexity index is 721. The van der Waals surface area contributed by atoms with E-state index >= 15 is 0 Å². The van der Waals surface area contributed by atoms with Crippen molar-refractivity contribution in [2.45, 2.75) is 29.2 Å². The molecule has 7 nitrogen and oxygen atoms in total. The standard InChI is InChI=1S/C15H19NO6S2/c1-11(23)22-16-10-12(20-2)9-15(16,14(17)21-3)24(18,19)13-7-5-4-6-8-13/h4-8,12H,9-10H2,1-3H3/t12-,15+/m0/s1. The van der Waals surface area contributed by atoms with Gasteiger partial charge in [0, 0.05) is 20.5 Å². The monoisotopic (exact) mass is 373 g/mol. The number of esters is 1. The third kappa shape index (κ3) is 3.04. The summed E-state index contributed by atoms with van der Waals surface area (Å²) in [6.45, 7) is 1.55. The largest absolute Gasteiger partial charge is 0.467 e. The maximum Gasteiger partial charge on any atom is 0.346 e. The van der Waals surface area contributed by atoms with Crippen LogP contribution in [0, 0.1) is 0 Å². The summed E-state index contributed by atoms with van der Waals surface area (Å²) in [6.07, 6.45) is -0.660. The first-order chi connectivity index (χ1) is 11.3. The van der Waals surface area contributed by atoms with Gasteiger partial charge in [-0.2, -0.15) is 0 Å². The maximum atomic E-state index is 13.3.